The Morgan fingerprint density at radius 1 is 1.43 bits per heavy atom. The van der Waals surface area contributed by atoms with E-state index in [1.165, 1.54) is 0 Å². The van der Waals surface area contributed by atoms with Gasteiger partial charge in [0.1, 0.15) is 5.76 Å². The lowest BCUT2D eigenvalue weighted by Gasteiger charge is -2.37. The van der Waals surface area contributed by atoms with E-state index in [9.17, 15) is 9.90 Å². The second kappa shape index (κ2) is 7.02. The molecule has 0 bridgehead atoms. The van der Waals surface area contributed by atoms with Crippen LogP contribution in [-0.4, -0.2) is 70.8 Å². The zero-order valence-electron chi connectivity index (χ0n) is 12.9. The average molecular weight is 296 g/mol. The number of aromatic nitrogens is 1. The molecule has 1 aromatic rings. The Kier molecular flexibility index (Phi) is 5.33. The highest BCUT2D eigenvalue weighted by atomic mass is 16.5. The van der Waals surface area contributed by atoms with Crippen LogP contribution < -0.4 is 5.32 Å². The fraction of sp³-hybridized carbons (Fsp3) is 0.714. The summed E-state index contributed by atoms with van der Waals surface area (Å²) in [7, 11) is 0. The number of piperazine rings is 1. The average Bonchev–Trinajstić information content (AvgIpc) is 2.83. The summed E-state index contributed by atoms with van der Waals surface area (Å²) in [4.78, 5) is 16.5. The normalized spacial score (nSPS) is 20.2. The van der Waals surface area contributed by atoms with Crippen molar-refractivity contribution >= 4 is 11.7 Å². The van der Waals surface area contributed by atoms with E-state index >= 15 is 0 Å². The first-order valence-corrected chi connectivity index (χ1v) is 7.34. The third kappa shape index (κ3) is 4.52. The summed E-state index contributed by atoms with van der Waals surface area (Å²) in [5.41, 5.74) is 0. The van der Waals surface area contributed by atoms with Gasteiger partial charge in [0.05, 0.1) is 12.1 Å². The summed E-state index contributed by atoms with van der Waals surface area (Å²) in [6.07, 6.45) is -0.312. The van der Waals surface area contributed by atoms with Crippen molar-refractivity contribution in [1.82, 2.24) is 15.0 Å². The lowest BCUT2D eigenvalue weighted by Crippen LogP contribution is -2.53. The Balaban J connectivity index is 1.81. The van der Waals surface area contributed by atoms with Gasteiger partial charge in [0, 0.05) is 38.8 Å². The number of nitrogens with one attached hydrogen (secondary N) is 1. The number of aliphatic hydroxyl groups excluding tert-OH is 1. The molecule has 0 aliphatic carbocycles. The minimum Gasteiger partial charge on any atom is -0.392 e. The Labute approximate surface area is 124 Å². The highest BCUT2D eigenvalue weighted by Crippen LogP contribution is 2.11. The maximum atomic E-state index is 12.2. The van der Waals surface area contributed by atoms with E-state index in [1.807, 2.05) is 6.92 Å². The second-order valence-corrected chi connectivity index (χ2v) is 5.67. The molecule has 2 N–H and O–H groups in total. The van der Waals surface area contributed by atoms with E-state index in [2.05, 4.69) is 20.3 Å². The van der Waals surface area contributed by atoms with Crippen molar-refractivity contribution in [2.45, 2.75) is 32.9 Å². The molecule has 1 saturated heterocycles. The van der Waals surface area contributed by atoms with Gasteiger partial charge in [0.25, 0.3) is 0 Å². The van der Waals surface area contributed by atoms with Crippen molar-refractivity contribution in [1.29, 1.82) is 0 Å². The third-order valence-corrected chi connectivity index (χ3v) is 3.74. The van der Waals surface area contributed by atoms with Crippen molar-refractivity contribution < 1.29 is 14.4 Å². The molecule has 0 spiro atoms. The van der Waals surface area contributed by atoms with Gasteiger partial charge in [-0.2, -0.15) is 0 Å². The van der Waals surface area contributed by atoms with Gasteiger partial charge in [-0.15, -0.1) is 0 Å². The van der Waals surface area contributed by atoms with Gasteiger partial charge in [0.15, 0.2) is 5.82 Å². The maximum absolute atomic E-state index is 12.2. The molecule has 2 rings (SSSR count). The van der Waals surface area contributed by atoms with Crippen LogP contribution in [0.25, 0.3) is 0 Å². The van der Waals surface area contributed by atoms with Gasteiger partial charge in [-0.25, -0.2) is 0 Å². The first-order valence-electron chi connectivity index (χ1n) is 7.34. The van der Waals surface area contributed by atoms with Crippen LogP contribution in [0.4, 0.5) is 5.82 Å². The quantitative estimate of drug-likeness (QED) is 0.814. The van der Waals surface area contributed by atoms with Gasteiger partial charge in [-0.1, -0.05) is 5.16 Å². The highest BCUT2D eigenvalue weighted by Gasteiger charge is 2.26. The summed E-state index contributed by atoms with van der Waals surface area (Å²) in [5, 5.41) is 15.9. The first-order chi connectivity index (χ1) is 9.95. The Morgan fingerprint density at radius 2 is 2.10 bits per heavy atom. The molecule has 7 heteroatoms. The molecule has 7 nitrogen and oxygen atoms in total. The van der Waals surface area contributed by atoms with Crippen molar-refractivity contribution in [3.63, 3.8) is 0 Å². The number of nitrogens with zero attached hydrogens (tertiary/aromatic N) is 3. The van der Waals surface area contributed by atoms with E-state index < -0.39 is 0 Å². The summed E-state index contributed by atoms with van der Waals surface area (Å²) >= 11 is 0. The van der Waals surface area contributed by atoms with Gasteiger partial charge in [0.2, 0.25) is 5.91 Å². The van der Waals surface area contributed by atoms with Crippen LogP contribution in [0.5, 0.6) is 0 Å². The van der Waals surface area contributed by atoms with E-state index in [0.717, 1.165) is 26.2 Å². The van der Waals surface area contributed by atoms with Crippen LogP contribution in [0.15, 0.2) is 10.6 Å². The molecule has 118 valence electrons. The molecule has 2 atom stereocenters. The SMILES string of the molecule is Cc1cc(NC(=O)[C@H](C)N2CCN(C[C@H](C)O)CC2)no1. The molecule has 0 aromatic carbocycles. The molecule has 0 saturated carbocycles. The standard InChI is InChI=1S/C14H24N4O3/c1-10(19)9-17-4-6-18(7-5-17)12(3)14(20)15-13-8-11(2)21-16-13/h8,10,12,19H,4-7,9H2,1-3H3,(H,15,16,20)/t10-,12-/m0/s1. The van der Waals surface area contributed by atoms with Crippen LogP contribution in [0.2, 0.25) is 0 Å². The van der Waals surface area contributed by atoms with Crippen molar-refractivity contribution in [2.75, 3.05) is 38.0 Å². The topological polar surface area (TPSA) is 81.8 Å². The third-order valence-electron chi connectivity index (χ3n) is 3.74. The predicted octanol–water partition coefficient (Wildman–Crippen LogP) is 0.308. The summed E-state index contributed by atoms with van der Waals surface area (Å²) in [6, 6.07) is 1.49. The smallest absolute Gasteiger partial charge is 0.242 e. The number of anilines is 1. The number of β-amino-alcohol motifs (C(OH)–C–C–N with tert-alkyl or cyclic N) is 1. The number of amides is 1. The molecule has 1 aromatic heterocycles. The Hall–Kier alpha value is -1.44. The molecule has 1 fully saturated rings. The largest absolute Gasteiger partial charge is 0.392 e. The number of rotatable bonds is 5. The van der Waals surface area contributed by atoms with Crippen molar-refractivity contribution in [2.24, 2.45) is 0 Å². The highest BCUT2D eigenvalue weighted by molar-refractivity contribution is 5.93. The number of carbonyl (C=O) groups is 1. The lowest BCUT2D eigenvalue weighted by atomic mass is 10.2. The van der Waals surface area contributed by atoms with Gasteiger partial charge >= 0.3 is 0 Å². The monoisotopic (exact) mass is 296 g/mol. The molecule has 1 aliphatic heterocycles. The Bertz CT molecular complexity index is 467. The molecule has 0 unspecified atom stereocenters. The molecular weight excluding hydrogens is 272 g/mol. The van der Waals surface area contributed by atoms with Crippen molar-refractivity contribution in [3.8, 4) is 0 Å². The van der Waals surface area contributed by atoms with Crippen LogP contribution in [0, 0.1) is 6.92 Å². The van der Waals surface area contributed by atoms with E-state index in [1.54, 1.807) is 19.9 Å². The zero-order valence-corrected chi connectivity index (χ0v) is 12.9. The summed E-state index contributed by atoms with van der Waals surface area (Å²) in [6.45, 7) is 9.53. The minimum atomic E-state index is -0.312. The fourth-order valence-corrected chi connectivity index (χ4v) is 2.53. The number of hydrogen-bond donors (Lipinski definition) is 2. The lowest BCUT2D eigenvalue weighted by molar-refractivity contribution is -0.121. The van der Waals surface area contributed by atoms with Gasteiger partial charge < -0.3 is 14.9 Å². The van der Waals surface area contributed by atoms with E-state index in [-0.39, 0.29) is 18.1 Å². The van der Waals surface area contributed by atoms with Crippen molar-refractivity contribution in [3.05, 3.63) is 11.8 Å². The van der Waals surface area contributed by atoms with E-state index in [0.29, 0.717) is 18.1 Å². The van der Waals surface area contributed by atoms with Crippen LogP contribution in [0.1, 0.15) is 19.6 Å². The number of aliphatic hydroxyl groups is 1. The molecule has 21 heavy (non-hydrogen) atoms. The Morgan fingerprint density at radius 3 is 2.62 bits per heavy atom. The minimum absolute atomic E-state index is 0.0766. The molecule has 0 radical (unpaired) electrons. The predicted molar refractivity (Wildman–Crippen MR) is 79.0 cm³/mol. The maximum Gasteiger partial charge on any atom is 0.242 e. The van der Waals surface area contributed by atoms with Crippen LogP contribution >= 0.6 is 0 Å². The zero-order chi connectivity index (χ0) is 15.4. The molecule has 1 amide bonds. The van der Waals surface area contributed by atoms with Crippen LogP contribution in [0.3, 0.4) is 0 Å². The number of aryl methyl sites for hydroxylation is 1. The fourth-order valence-electron chi connectivity index (χ4n) is 2.53. The molecule has 2 heterocycles. The van der Waals surface area contributed by atoms with Gasteiger partial charge in [-0.3, -0.25) is 14.6 Å². The first kappa shape index (κ1) is 15.9. The number of hydrogen-bond acceptors (Lipinski definition) is 6. The molecular formula is C14H24N4O3. The summed E-state index contributed by atoms with van der Waals surface area (Å²) < 4.78 is 4.93. The number of carbonyl (C=O) groups excluding carboxylic acids is 1. The van der Waals surface area contributed by atoms with Crippen LogP contribution in [-0.2, 0) is 4.79 Å². The summed E-state index contributed by atoms with van der Waals surface area (Å²) in [5.74, 6) is 1.05. The van der Waals surface area contributed by atoms with E-state index in [4.69, 9.17) is 4.52 Å². The van der Waals surface area contributed by atoms with Gasteiger partial charge in [-0.05, 0) is 20.8 Å². The second-order valence-electron chi connectivity index (χ2n) is 5.67. The molecule has 1 aliphatic rings.